The van der Waals surface area contributed by atoms with Gasteiger partial charge in [-0.05, 0) is 31.5 Å². The molecule has 0 amide bonds. The van der Waals surface area contributed by atoms with Crippen molar-refractivity contribution in [1.29, 1.82) is 0 Å². The highest BCUT2D eigenvalue weighted by atomic mass is 32.2. The number of anilines is 1. The first-order chi connectivity index (χ1) is 10.2. The second kappa shape index (κ2) is 7.19. The normalized spacial score (nSPS) is 11.7. The highest BCUT2D eigenvalue weighted by molar-refractivity contribution is 7.94. The number of hydrogen-bond donors (Lipinski definition) is 2. The quantitative estimate of drug-likeness (QED) is 0.802. The van der Waals surface area contributed by atoms with Gasteiger partial charge in [0.05, 0.1) is 13.3 Å². The number of benzene rings is 1. The summed E-state index contributed by atoms with van der Waals surface area (Å²) in [5.41, 5.74) is 9.14. The second-order valence-corrected chi connectivity index (χ2v) is 5.48. The van der Waals surface area contributed by atoms with E-state index < -0.39 is 0 Å². The molecule has 0 bridgehead atoms. The summed E-state index contributed by atoms with van der Waals surface area (Å²) >= 11 is 1.32. The minimum Gasteiger partial charge on any atom is -0.388 e. The molecule has 5 nitrogen and oxygen atoms in total. The Balaban J connectivity index is 2.31. The number of hydrogen-bond acceptors (Lipinski definition) is 5. The molecule has 0 saturated heterocycles. The molecule has 0 unspecified atom stereocenters. The molecule has 0 fully saturated rings. The van der Waals surface area contributed by atoms with Crippen LogP contribution in [0.3, 0.4) is 0 Å². The van der Waals surface area contributed by atoms with E-state index in [4.69, 9.17) is 9.92 Å². The van der Waals surface area contributed by atoms with Gasteiger partial charge < -0.3 is 15.2 Å². The average Bonchev–Trinajstić information content (AvgIpc) is 2.81. The fourth-order valence-corrected chi connectivity index (χ4v) is 2.52. The van der Waals surface area contributed by atoms with E-state index in [9.17, 15) is 0 Å². The Labute approximate surface area is 129 Å². The summed E-state index contributed by atoms with van der Waals surface area (Å²) in [6.45, 7) is 4.90. The van der Waals surface area contributed by atoms with E-state index in [0.717, 1.165) is 28.3 Å². The van der Waals surface area contributed by atoms with Crippen LogP contribution < -0.4 is 11.1 Å². The van der Waals surface area contributed by atoms with E-state index in [-0.39, 0.29) is 0 Å². The molecule has 112 valence electrons. The van der Waals surface area contributed by atoms with Crippen molar-refractivity contribution < 1.29 is 4.18 Å². The third kappa shape index (κ3) is 3.80. The van der Waals surface area contributed by atoms with E-state index in [1.807, 2.05) is 44.3 Å². The SMILES string of the molecule is CCN/C(C)=C/n1ncc(-c2cccc(SOC)c2)c1N. The molecule has 0 aliphatic carbocycles. The predicted octanol–water partition coefficient (Wildman–Crippen LogP) is 3.21. The van der Waals surface area contributed by atoms with Gasteiger partial charge in [-0.25, -0.2) is 4.68 Å². The van der Waals surface area contributed by atoms with Crippen molar-refractivity contribution in [2.24, 2.45) is 0 Å². The molecule has 2 rings (SSSR count). The molecule has 3 N–H and O–H groups in total. The molecular weight excluding hydrogens is 284 g/mol. The van der Waals surface area contributed by atoms with Crippen LogP contribution in [0.2, 0.25) is 0 Å². The van der Waals surface area contributed by atoms with Crippen LogP contribution in [-0.4, -0.2) is 23.4 Å². The van der Waals surface area contributed by atoms with Gasteiger partial charge in [0.2, 0.25) is 0 Å². The van der Waals surface area contributed by atoms with Crippen LogP contribution in [0.25, 0.3) is 17.3 Å². The highest BCUT2D eigenvalue weighted by Crippen LogP contribution is 2.29. The van der Waals surface area contributed by atoms with Crippen molar-refractivity contribution in [3.05, 3.63) is 36.2 Å². The molecule has 6 heteroatoms. The smallest absolute Gasteiger partial charge is 0.134 e. The Morgan fingerprint density at radius 1 is 1.52 bits per heavy atom. The van der Waals surface area contributed by atoms with Gasteiger partial charge in [0.25, 0.3) is 0 Å². The van der Waals surface area contributed by atoms with Gasteiger partial charge in [-0.2, -0.15) is 5.10 Å². The van der Waals surface area contributed by atoms with Crippen LogP contribution in [0, 0.1) is 0 Å². The summed E-state index contributed by atoms with van der Waals surface area (Å²) in [6, 6.07) is 8.02. The molecule has 2 aromatic rings. The maximum absolute atomic E-state index is 6.19. The number of nitrogens with zero attached hydrogens (tertiary/aromatic N) is 2. The number of nitrogen functional groups attached to an aromatic ring is 1. The fourth-order valence-electron chi connectivity index (χ4n) is 2.02. The summed E-state index contributed by atoms with van der Waals surface area (Å²) in [6.07, 6.45) is 3.66. The average molecular weight is 304 g/mol. The first kappa shape index (κ1) is 15.5. The van der Waals surface area contributed by atoms with Gasteiger partial charge in [0, 0.05) is 40.9 Å². The first-order valence-corrected chi connectivity index (χ1v) is 7.46. The molecular formula is C15H20N4OS. The summed E-state index contributed by atoms with van der Waals surface area (Å²) in [4.78, 5) is 1.03. The minimum atomic E-state index is 0.617. The Morgan fingerprint density at radius 2 is 2.33 bits per heavy atom. The van der Waals surface area contributed by atoms with Crippen LogP contribution in [0.1, 0.15) is 13.8 Å². The van der Waals surface area contributed by atoms with Crippen molar-refractivity contribution >= 4 is 24.1 Å². The third-order valence-corrected chi connectivity index (χ3v) is 3.54. The number of nitrogens with two attached hydrogens (primary N) is 1. The van der Waals surface area contributed by atoms with Crippen LogP contribution in [0.15, 0.2) is 41.1 Å². The van der Waals surface area contributed by atoms with E-state index in [1.54, 1.807) is 18.0 Å². The van der Waals surface area contributed by atoms with Gasteiger partial charge in [-0.1, -0.05) is 12.1 Å². The molecule has 0 aliphatic rings. The third-order valence-electron chi connectivity index (χ3n) is 2.93. The lowest BCUT2D eigenvalue weighted by Gasteiger charge is -2.05. The zero-order chi connectivity index (χ0) is 15.2. The summed E-state index contributed by atoms with van der Waals surface area (Å²) < 4.78 is 6.76. The molecule has 21 heavy (non-hydrogen) atoms. The second-order valence-electron chi connectivity index (χ2n) is 4.51. The minimum absolute atomic E-state index is 0.617. The zero-order valence-electron chi connectivity index (χ0n) is 12.5. The first-order valence-electron chi connectivity index (χ1n) is 6.72. The zero-order valence-corrected chi connectivity index (χ0v) is 13.3. The predicted molar refractivity (Wildman–Crippen MR) is 88.6 cm³/mol. The van der Waals surface area contributed by atoms with Crippen molar-refractivity contribution in [3.63, 3.8) is 0 Å². The lowest BCUT2D eigenvalue weighted by atomic mass is 10.1. The fraction of sp³-hybridized carbons (Fsp3) is 0.267. The molecule has 0 radical (unpaired) electrons. The van der Waals surface area contributed by atoms with Gasteiger partial charge in [-0.3, -0.25) is 0 Å². The van der Waals surface area contributed by atoms with Crippen LogP contribution >= 0.6 is 12.0 Å². The summed E-state index contributed by atoms with van der Waals surface area (Å²) in [7, 11) is 1.65. The Hall–Kier alpha value is -1.92. The molecule has 1 aromatic heterocycles. The number of aromatic nitrogens is 2. The van der Waals surface area contributed by atoms with E-state index in [0.29, 0.717) is 5.82 Å². The summed E-state index contributed by atoms with van der Waals surface area (Å²) in [5.74, 6) is 0.617. The molecule has 1 heterocycles. The monoisotopic (exact) mass is 304 g/mol. The van der Waals surface area contributed by atoms with E-state index in [2.05, 4.69) is 10.4 Å². The standard InChI is InChI=1S/C15H20N4OS/c1-4-17-11(2)10-19-15(16)14(9-18-19)12-6-5-7-13(8-12)21-20-3/h5-10,17H,4,16H2,1-3H3/b11-10+. The number of nitrogens with one attached hydrogen (secondary N) is 1. The Bertz CT molecular complexity index is 636. The van der Waals surface area contributed by atoms with Gasteiger partial charge >= 0.3 is 0 Å². The largest absolute Gasteiger partial charge is 0.388 e. The van der Waals surface area contributed by atoms with E-state index in [1.165, 1.54) is 12.0 Å². The summed E-state index contributed by atoms with van der Waals surface area (Å²) in [5, 5.41) is 7.55. The molecule has 0 atom stereocenters. The maximum atomic E-state index is 6.19. The maximum Gasteiger partial charge on any atom is 0.134 e. The molecule has 0 saturated carbocycles. The number of rotatable bonds is 6. The lowest BCUT2D eigenvalue weighted by Crippen LogP contribution is -2.11. The van der Waals surface area contributed by atoms with Gasteiger partial charge in [-0.15, -0.1) is 0 Å². The van der Waals surface area contributed by atoms with Crippen molar-refractivity contribution in [3.8, 4) is 11.1 Å². The highest BCUT2D eigenvalue weighted by Gasteiger charge is 2.09. The Morgan fingerprint density at radius 3 is 3.05 bits per heavy atom. The van der Waals surface area contributed by atoms with Crippen LogP contribution in [0.4, 0.5) is 5.82 Å². The van der Waals surface area contributed by atoms with Crippen LogP contribution in [-0.2, 0) is 4.18 Å². The Kier molecular flexibility index (Phi) is 5.30. The molecule has 0 spiro atoms. The van der Waals surface area contributed by atoms with E-state index >= 15 is 0 Å². The lowest BCUT2D eigenvalue weighted by molar-refractivity contribution is 0.490. The topological polar surface area (TPSA) is 65.1 Å². The molecule has 0 aliphatic heterocycles. The van der Waals surface area contributed by atoms with Gasteiger partial charge in [0.1, 0.15) is 5.82 Å². The van der Waals surface area contributed by atoms with Crippen molar-refractivity contribution in [1.82, 2.24) is 15.1 Å². The van der Waals surface area contributed by atoms with Crippen LogP contribution in [0.5, 0.6) is 0 Å². The number of allylic oxidation sites excluding steroid dienone is 1. The van der Waals surface area contributed by atoms with Crippen molar-refractivity contribution in [2.75, 3.05) is 19.4 Å². The van der Waals surface area contributed by atoms with Crippen molar-refractivity contribution in [2.45, 2.75) is 18.7 Å². The van der Waals surface area contributed by atoms with Gasteiger partial charge in [0.15, 0.2) is 0 Å². The molecule has 1 aromatic carbocycles.